The van der Waals surface area contributed by atoms with Gasteiger partial charge in [0.1, 0.15) is 0 Å². The highest BCUT2D eigenvalue weighted by Gasteiger charge is 2.39. The Hall–Kier alpha value is -0.240. The van der Waals surface area contributed by atoms with Crippen LogP contribution in [0.15, 0.2) is 0 Å². The van der Waals surface area contributed by atoms with E-state index in [2.05, 4.69) is 71.7 Å². The molecule has 0 radical (unpaired) electrons. The minimum atomic E-state index is 0.954. The minimum absolute atomic E-state index is 0.954. The average Bonchev–Trinajstić information content (AvgIpc) is 3.87. The van der Waals surface area contributed by atoms with Gasteiger partial charge in [0.15, 0.2) is 0 Å². The molecule has 0 spiro atoms. The van der Waals surface area contributed by atoms with Crippen molar-refractivity contribution in [3.8, 4) is 0 Å². The van der Waals surface area contributed by atoms with E-state index in [9.17, 15) is 0 Å². The van der Waals surface area contributed by atoms with Crippen LogP contribution in [0.2, 0.25) is 0 Å². The van der Waals surface area contributed by atoms with E-state index in [1.54, 1.807) is 0 Å². The van der Waals surface area contributed by atoms with Crippen molar-refractivity contribution in [1.82, 2.24) is 29.4 Å². The average molecular weight is 709 g/mol. The molecule has 6 nitrogen and oxygen atoms in total. The molecular formula is C45H84N6. The first kappa shape index (κ1) is 39.0. The van der Waals surface area contributed by atoms with E-state index in [1.807, 2.05) is 0 Å². The fourth-order valence-corrected chi connectivity index (χ4v) is 13.5. The Morgan fingerprint density at radius 2 is 0.647 bits per heavy atom. The summed E-state index contributed by atoms with van der Waals surface area (Å²) in [6.07, 6.45) is 31.3. The highest BCUT2D eigenvalue weighted by atomic mass is 15.2. The van der Waals surface area contributed by atoms with Gasteiger partial charge in [0.05, 0.1) is 0 Å². The Kier molecular flexibility index (Phi) is 13.9. The van der Waals surface area contributed by atoms with Crippen LogP contribution in [0, 0.1) is 35.5 Å². The van der Waals surface area contributed by atoms with E-state index >= 15 is 0 Å². The summed E-state index contributed by atoms with van der Waals surface area (Å²) in [6, 6.07) is 5.81. The van der Waals surface area contributed by atoms with Crippen LogP contribution in [0.4, 0.5) is 0 Å². The van der Waals surface area contributed by atoms with Crippen molar-refractivity contribution >= 4 is 0 Å². The van der Waals surface area contributed by atoms with Crippen LogP contribution >= 0.6 is 0 Å². The smallest absolute Gasteiger partial charge is 0.0110 e. The van der Waals surface area contributed by atoms with E-state index in [0.29, 0.717) is 0 Å². The van der Waals surface area contributed by atoms with Gasteiger partial charge >= 0.3 is 0 Å². The highest BCUT2D eigenvalue weighted by Crippen LogP contribution is 2.39. The molecule has 51 heavy (non-hydrogen) atoms. The molecule has 0 aromatic heterocycles. The first-order chi connectivity index (χ1) is 24.7. The molecule has 15 fully saturated rings. The molecule has 12 bridgehead atoms. The molecule has 15 aliphatic rings. The standard InChI is InChI=1S/3C8H15N.3C7H13N/c1-9-6-7-2-4-8(9)5-3-7;1-9-5-7-2-3-8(4-7)6-9;1-9-7-3-2-4-8(9)6-5-7;1-8-4-6-2-7(3-6)5-8;1-8-5-6-2-3-7(8)4-6;1-8-6-3-2-4-7(8)5-6/h3*7-8H,2-6H2,1H3;3*6-7H,2-5H2,1H3. The Balaban J connectivity index is 0.0000000956. The minimum Gasteiger partial charge on any atom is -0.306 e. The molecule has 0 aromatic rings. The summed E-state index contributed by atoms with van der Waals surface area (Å²) >= 11 is 0. The number of nitrogens with zero attached hydrogens (tertiary/aromatic N) is 6. The molecule has 0 amide bonds. The Labute approximate surface area is 316 Å². The molecule has 15 rings (SSSR count). The SMILES string of the molecule is CN1C2CCCC1C2.CN1C2CCCC1CC2.CN1CC2CC(C2)C1.CN1CC2CCC(C2)C1.CN1CC2CCC1C2.CN1CC2CCC1CC2. The van der Waals surface area contributed by atoms with Crippen LogP contribution in [-0.2, 0) is 0 Å². The number of fused-ring (bicyclic) bond motifs is 13. The maximum atomic E-state index is 2.59. The van der Waals surface area contributed by atoms with Gasteiger partial charge in [-0.1, -0.05) is 12.8 Å². The third kappa shape index (κ3) is 10.3. The predicted molar refractivity (Wildman–Crippen MR) is 216 cm³/mol. The van der Waals surface area contributed by atoms with Gasteiger partial charge in [-0.3, -0.25) is 0 Å². The third-order valence-corrected chi connectivity index (χ3v) is 16.8. The van der Waals surface area contributed by atoms with Gasteiger partial charge in [0.25, 0.3) is 0 Å². The van der Waals surface area contributed by atoms with Crippen LogP contribution in [0.25, 0.3) is 0 Å². The van der Waals surface area contributed by atoms with Crippen LogP contribution in [0.3, 0.4) is 0 Å². The molecule has 6 heteroatoms. The molecule has 10 aliphatic heterocycles. The lowest BCUT2D eigenvalue weighted by Crippen LogP contribution is -2.56. The van der Waals surface area contributed by atoms with Crippen molar-refractivity contribution in [3.63, 3.8) is 0 Å². The summed E-state index contributed by atoms with van der Waals surface area (Å²) in [5.74, 6) is 6.42. The van der Waals surface area contributed by atoms with Crippen molar-refractivity contribution in [2.45, 2.75) is 171 Å². The summed E-state index contributed by atoms with van der Waals surface area (Å²) in [4.78, 5) is 15.1. The third-order valence-electron chi connectivity index (χ3n) is 16.8. The fraction of sp³-hybridized carbons (Fsp3) is 1.00. The molecular weight excluding hydrogens is 625 g/mol. The number of rotatable bonds is 0. The largest absolute Gasteiger partial charge is 0.306 e. The number of hydrogen-bond donors (Lipinski definition) is 0. The van der Waals surface area contributed by atoms with Gasteiger partial charge < -0.3 is 29.4 Å². The molecule has 0 aromatic carbocycles. The molecule has 8 atom stereocenters. The normalized spacial score (nSPS) is 44.8. The van der Waals surface area contributed by atoms with Gasteiger partial charge in [0, 0.05) is 75.5 Å². The summed E-state index contributed by atoms with van der Waals surface area (Å²) in [5.41, 5.74) is 0. The zero-order valence-electron chi connectivity index (χ0n) is 34.7. The van der Waals surface area contributed by atoms with Crippen LogP contribution in [0.5, 0.6) is 0 Å². The first-order valence-electron chi connectivity index (χ1n) is 22.9. The Bertz CT molecular complexity index is 979. The predicted octanol–water partition coefficient (Wildman–Crippen LogP) is 7.77. The second kappa shape index (κ2) is 18.1. The Morgan fingerprint density at radius 3 is 0.961 bits per heavy atom. The van der Waals surface area contributed by atoms with E-state index in [0.717, 1.165) is 71.8 Å². The van der Waals surface area contributed by atoms with Crippen LogP contribution in [-0.4, -0.2) is 147 Å². The second-order valence-corrected chi connectivity index (χ2v) is 20.7. The van der Waals surface area contributed by atoms with E-state index in [-0.39, 0.29) is 0 Å². The summed E-state index contributed by atoms with van der Waals surface area (Å²) in [6.45, 7) is 8.25. The van der Waals surface area contributed by atoms with Crippen molar-refractivity contribution in [2.24, 2.45) is 35.5 Å². The van der Waals surface area contributed by atoms with Gasteiger partial charge in [0.2, 0.25) is 0 Å². The molecule has 8 unspecified atom stereocenters. The summed E-state index contributed by atoms with van der Waals surface area (Å²) < 4.78 is 0. The van der Waals surface area contributed by atoms with E-state index < -0.39 is 0 Å². The van der Waals surface area contributed by atoms with Crippen molar-refractivity contribution in [2.75, 3.05) is 81.6 Å². The maximum absolute atomic E-state index is 2.59. The molecule has 10 saturated heterocycles. The second-order valence-electron chi connectivity index (χ2n) is 20.7. The van der Waals surface area contributed by atoms with E-state index in [4.69, 9.17) is 0 Å². The number of hydrogen-bond acceptors (Lipinski definition) is 6. The van der Waals surface area contributed by atoms with Crippen LogP contribution < -0.4 is 0 Å². The highest BCUT2D eigenvalue weighted by molar-refractivity contribution is 4.95. The lowest BCUT2D eigenvalue weighted by Gasteiger charge is -2.50. The molecule has 294 valence electrons. The lowest BCUT2D eigenvalue weighted by atomic mass is 9.71. The van der Waals surface area contributed by atoms with Gasteiger partial charge in [-0.15, -0.1) is 0 Å². The zero-order valence-corrected chi connectivity index (χ0v) is 34.7. The Morgan fingerprint density at radius 1 is 0.275 bits per heavy atom. The van der Waals surface area contributed by atoms with Gasteiger partial charge in [-0.25, -0.2) is 0 Å². The number of piperidine rings is 8. The molecule has 10 heterocycles. The van der Waals surface area contributed by atoms with E-state index in [1.165, 1.54) is 174 Å². The van der Waals surface area contributed by atoms with Crippen molar-refractivity contribution in [3.05, 3.63) is 0 Å². The van der Waals surface area contributed by atoms with Crippen LogP contribution in [0.1, 0.15) is 135 Å². The molecule has 0 N–H and O–H groups in total. The topological polar surface area (TPSA) is 19.4 Å². The lowest BCUT2D eigenvalue weighted by molar-refractivity contribution is -0.00221. The summed E-state index contributed by atoms with van der Waals surface area (Å²) in [5, 5.41) is 0. The van der Waals surface area contributed by atoms with Gasteiger partial charge in [-0.2, -0.15) is 0 Å². The van der Waals surface area contributed by atoms with Crippen molar-refractivity contribution in [1.29, 1.82) is 0 Å². The monoisotopic (exact) mass is 709 g/mol. The molecule has 5 aliphatic carbocycles. The zero-order chi connectivity index (χ0) is 35.5. The quantitative estimate of drug-likeness (QED) is 0.254. The summed E-state index contributed by atoms with van der Waals surface area (Å²) in [7, 11) is 13.6. The van der Waals surface area contributed by atoms with Crippen molar-refractivity contribution < 1.29 is 0 Å². The first-order valence-corrected chi connectivity index (χ1v) is 22.9. The number of likely N-dealkylation sites (tertiary alicyclic amines) is 2. The fourth-order valence-electron chi connectivity index (χ4n) is 13.5. The molecule has 5 saturated carbocycles. The maximum Gasteiger partial charge on any atom is 0.0110 e. The van der Waals surface area contributed by atoms with Gasteiger partial charge in [-0.05, 0) is 200 Å².